The molecule has 2 fully saturated rings. The molecule has 0 spiro atoms. The van der Waals surface area contributed by atoms with E-state index in [2.05, 4.69) is 0 Å². The molecule has 0 unspecified atom stereocenters. The van der Waals surface area contributed by atoms with E-state index in [4.69, 9.17) is 4.74 Å². The van der Waals surface area contributed by atoms with Crippen molar-refractivity contribution in [3.05, 3.63) is 54.6 Å². The van der Waals surface area contributed by atoms with Gasteiger partial charge in [-0.25, -0.2) is 4.90 Å². The largest absolute Gasteiger partial charge is 0.359 e. The number of carbonyl (C=O) groups excluding carboxylic acids is 2. The SMILES string of the molecule is C[C@]12C=C[C@](C)(O1)[C@@H]1C(=O)N(c3cccc4ccccc34)C(=O)[C@H]12. The lowest BCUT2D eigenvalue weighted by atomic mass is 9.73. The first-order valence-electron chi connectivity index (χ1n) is 8.21. The van der Waals surface area contributed by atoms with Crippen LogP contribution in [0, 0.1) is 11.8 Å². The Bertz CT molecular complexity index is 908. The highest BCUT2D eigenvalue weighted by atomic mass is 16.5. The van der Waals surface area contributed by atoms with Crippen molar-refractivity contribution < 1.29 is 14.3 Å². The molecule has 2 aromatic rings. The Hall–Kier alpha value is -2.46. The smallest absolute Gasteiger partial charge is 0.241 e. The Morgan fingerprint density at radius 3 is 2.12 bits per heavy atom. The van der Waals surface area contributed by atoms with Crippen molar-refractivity contribution in [3.8, 4) is 0 Å². The Morgan fingerprint density at radius 1 is 0.875 bits per heavy atom. The van der Waals surface area contributed by atoms with Gasteiger partial charge in [0.2, 0.25) is 11.8 Å². The van der Waals surface area contributed by atoms with E-state index in [9.17, 15) is 9.59 Å². The molecular formula is C20H17NO3. The maximum Gasteiger partial charge on any atom is 0.241 e. The Labute approximate surface area is 139 Å². The van der Waals surface area contributed by atoms with Crippen LogP contribution in [-0.2, 0) is 14.3 Å². The molecule has 2 amide bonds. The van der Waals surface area contributed by atoms with Crippen LogP contribution in [0.2, 0.25) is 0 Å². The lowest BCUT2D eigenvalue weighted by Crippen LogP contribution is -2.39. The zero-order chi connectivity index (χ0) is 16.7. The number of fused-ring (bicyclic) bond motifs is 6. The number of hydrogen-bond donors (Lipinski definition) is 0. The molecule has 0 saturated carbocycles. The quantitative estimate of drug-likeness (QED) is 0.599. The summed E-state index contributed by atoms with van der Waals surface area (Å²) >= 11 is 0. The first-order valence-corrected chi connectivity index (χ1v) is 8.21. The summed E-state index contributed by atoms with van der Waals surface area (Å²) in [6.07, 6.45) is 3.87. The van der Waals surface area contributed by atoms with Crippen molar-refractivity contribution in [3.63, 3.8) is 0 Å². The van der Waals surface area contributed by atoms with Crippen LogP contribution in [0.3, 0.4) is 0 Å². The molecule has 0 aromatic heterocycles. The third-order valence-electron chi connectivity index (χ3n) is 5.73. The van der Waals surface area contributed by atoms with Crippen molar-refractivity contribution in [1.29, 1.82) is 0 Å². The van der Waals surface area contributed by atoms with Gasteiger partial charge in [0.05, 0.1) is 28.7 Å². The first-order chi connectivity index (χ1) is 11.4. The minimum Gasteiger partial charge on any atom is -0.359 e. The summed E-state index contributed by atoms with van der Waals surface area (Å²) in [5.74, 6) is -1.20. The Balaban J connectivity index is 1.69. The second-order valence-electron chi connectivity index (χ2n) is 7.27. The number of carbonyl (C=O) groups is 2. The van der Waals surface area contributed by atoms with E-state index in [1.807, 2.05) is 68.5 Å². The molecule has 4 heteroatoms. The Kier molecular flexibility index (Phi) is 2.40. The zero-order valence-corrected chi connectivity index (χ0v) is 13.5. The normalized spacial score (nSPS) is 36.8. The molecule has 2 bridgehead atoms. The highest BCUT2D eigenvalue weighted by Gasteiger charge is 2.70. The molecule has 3 aliphatic heterocycles. The van der Waals surface area contributed by atoms with Crippen LogP contribution in [0.4, 0.5) is 5.69 Å². The van der Waals surface area contributed by atoms with Gasteiger partial charge < -0.3 is 4.74 Å². The number of benzene rings is 2. The number of imide groups is 1. The predicted molar refractivity (Wildman–Crippen MR) is 90.5 cm³/mol. The summed E-state index contributed by atoms with van der Waals surface area (Å²) in [4.78, 5) is 27.7. The fourth-order valence-corrected chi connectivity index (χ4v) is 4.67. The maximum absolute atomic E-state index is 13.2. The zero-order valence-electron chi connectivity index (χ0n) is 13.5. The average molecular weight is 319 g/mol. The van der Waals surface area contributed by atoms with Gasteiger partial charge in [-0.15, -0.1) is 0 Å². The van der Waals surface area contributed by atoms with Gasteiger partial charge in [0, 0.05) is 5.39 Å². The van der Waals surface area contributed by atoms with Gasteiger partial charge >= 0.3 is 0 Å². The highest BCUT2D eigenvalue weighted by Crippen LogP contribution is 2.57. The van der Waals surface area contributed by atoms with Gasteiger partial charge in [-0.2, -0.15) is 0 Å². The van der Waals surface area contributed by atoms with Crippen molar-refractivity contribution in [2.75, 3.05) is 4.90 Å². The van der Waals surface area contributed by atoms with Crippen LogP contribution in [-0.4, -0.2) is 23.0 Å². The fraction of sp³-hybridized carbons (Fsp3) is 0.300. The van der Waals surface area contributed by atoms with Crippen LogP contribution in [0.5, 0.6) is 0 Å². The molecule has 24 heavy (non-hydrogen) atoms. The molecule has 2 aromatic carbocycles. The monoisotopic (exact) mass is 319 g/mol. The molecule has 4 atom stereocenters. The van der Waals surface area contributed by atoms with Crippen molar-refractivity contribution in [2.45, 2.75) is 25.0 Å². The van der Waals surface area contributed by atoms with E-state index < -0.39 is 23.0 Å². The second-order valence-corrected chi connectivity index (χ2v) is 7.27. The van der Waals surface area contributed by atoms with E-state index in [1.165, 1.54) is 4.90 Å². The van der Waals surface area contributed by atoms with Crippen LogP contribution < -0.4 is 4.90 Å². The van der Waals surface area contributed by atoms with E-state index >= 15 is 0 Å². The molecule has 5 rings (SSSR count). The molecule has 3 aliphatic rings. The molecule has 2 saturated heterocycles. The van der Waals surface area contributed by atoms with Gasteiger partial charge in [0.25, 0.3) is 0 Å². The van der Waals surface area contributed by atoms with Gasteiger partial charge in [-0.1, -0.05) is 48.6 Å². The third-order valence-corrected chi connectivity index (χ3v) is 5.73. The summed E-state index contributed by atoms with van der Waals surface area (Å²) in [7, 11) is 0. The topological polar surface area (TPSA) is 46.6 Å². The number of hydrogen-bond acceptors (Lipinski definition) is 3. The summed E-state index contributed by atoms with van der Waals surface area (Å²) in [5.41, 5.74) is -0.708. The maximum atomic E-state index is 13.2. The number of rotatable bonds is 1. The van der Waals surface area contributed by atoms with E-state index in [-0.39, 0.29) is 11.8 Å². The average Bonchev–Trinajstić information content (AvgIpc) is 3.11. The van der Waals surface area contributed by atoms with Crippen LogP contribution in [0.1, 0.15) is 13.8 Å². The van der Waals surface area contributed by atoms with E-state index in [1.54, 1.807) is 0 Å². The Morgan fingerprint density at radius 2 is 1.46 bits per heavy atom. The van der Waals surface area contributed by atoms with Gasteiger partial charge in [-0.3, -0.25) is 9.59 Å². The third kappa shape index (κ3) is 1.47. The van der Waals surface area contributed by atoms with Crippen molar-refractivity contribution in [2.24, 2.45) is 11.8 Å². The number of anilines is 1. The van der Waals surface area contributed by atoms with E-state index in [0.29, 0.717) is 5.69 Å². The van der Waals surface area contributed by atoms with Crippen molar-refractivity contribution >= 4 is 28.3 Å². The summed E-state index contributed by atoms with van der Waals surface area (Å²) in [6.45, 7) is 3.80. The lowest BCUT2D eigenvalue weighted by molar-refractivity contribution is -0.128. The highest BCUT2D eigenvalue weighted by molar-refractivity contribution is 6.26. The molecule has 4 nitrogen and oxygen atoms in total. The molecule has 120 valence electrons. The predicted octanol–water partition coefficient (Wildman–Crippen LogP) is 3.06. The number of nitrogens with zero attached hydrogens (tertiary/aromatic N) is 1. The summed E-state index contributed by atoms with van der Waals surface area (Å²) in [6, 6.07) is 13.5. The van der Waals surface area contributed by atoms with Crippen LogP contribution >= 0.6 is 0 Å². The molecule has 0 aliphatic carbocycles. The molecule has 3 heterocycles. The molecular weight excluding hydrogens is 302 g/mol. The minimum atomic E-state index is -0.689. The minimum absolute atomic E-state index is 0.156. The molecule has 0 radical (unpaired) electrons. The van der Waals surface area contributed by atoms with Crippen molar-refractivity contribution in [1.82, 2.24) is 0 Å². The summed E-state index contributed by atoms with van der Waals surface area (Å²) < 4.78 is 6.05. The standard InChI is InChI=1S/C20H17NO3/c1-19-10-11-20(2,24-19)16-15(19)17(22)21(18(16)23)14-9-5-7-12-6-3-4-8-13(12)14/h3-11,15-16H,1-2H3/t15-,16-,19-,20+/m0/s1. The van der Waals surface area contributed by atoms with Crippen LogP contribution in [0.25, 0.3) is 10.8 Å². The van der Waals surface area contributed by atoms with Crippen LogP contribution in [0.15, 0.2) is 54.6 Å². The lowest BCUT2D eigenvalue weighted by Gasteiger charge is -2.26. The molecule has 0 N–H and O–H groups in total. The first kappa shape index (κ1) is 13.9. The van der Waals surface area contributed by atoms with E-state index in [0.717, 1.165) is 10.8 Å². The number of ether oxygens (including phenoxy) is 1. The second kappa shape index (κ2) is 4.14. The van der Waals surface area contributed by atoms with Gasteiger partial charge in [-0.05, 0) is 25.3 Å². The van der Waals surface area contributed by atoms with Gasteiger partial charge in [0.15, 0.2) is 0 Å². The number of amides is 2. The summed E-state index contributed by atoms with van der Waals surface area (Å²) in [5, 5.41) is 1.93. The van der Waals surface area contributed by atoms with Gasteiger partial charge in [0.1, 0.15) is 0 Å². The fourth-order valence-electron chi connectivity index (χ4n) is 4.67.